The minimum absolute atomic E-state index is 0.0323. The van der Waals surface area contributed by atoms with Crippen LogP contribution in [0.15, 0.2) is 59.8 Å². The lowest BCUT2D eigenvalue weighted by Crippen LogP contribution is -2.61. The highest BCUT2D eigenvalue weighted by Gasteiger charge is 2.53. The zero-order valence-electron chi connectivity index (χ0n) is 48.8. The topological polar surface area (TPSA) is 188 Å². The van der Waals surface area contributed by atoms with Gasteiger partial charge < -0.3 is 48.6 Å². The number of ketones is 2. The predicted molar refractivity (Wildman–Crippen MR) is 260 cm³/mol. The zero-order valence-corrected chi connectivity index (χ0v) is 41.8. The Kier molecular flexibility index (Phi) is 18.9. The molecule has 0 aromatic rings. The fraction of sp³-hybridized carbons (Fsp3) is 0.741. The highest BCUT2D eigenvalue weighted by atomic mass is 16.6. The maximum Gasteiger partial charge on any atom is 0.329 e. The molecule has 0 aromatic carbocycles. The molecule has 2 bridgehead atoms. The average molecular weight is 963 g/mol. The number of cyclic esters (lactones) is 1. The first-order valence-electron chi connectivity index (χ1n) is 27.9. The molecule has 4 aliphatic rings. The summed E-state index contributed by atoms with van der Waals surface area (Å²) in [5, 5.41) is 33.6. The van der Waals surface area contributed by atoms with Gasteiger partial charge in [0.15, 0.2) is 0 Å². The van der Waals surface area contributed by atoms with Crippen LogP contribution in [0.1, 0.15) is 135 Å². The number of carbonyl (C=O) groups is 4. The van der Waals surface area contributed by atoms with Crippen molar-refractivity contribution in [3.8, 4) is 0 Å². The lowest BCUT2D eigenvalue weighted by Gasteiger charge is -2.42. The van der Waals surface area contributed by atoms with Gasteiger partial charge in [-0.2, -0.15) is 0 Å². The molecule has 3 N–H and O–H groups in total. The SMILES string of the molecule is [2H]C([2H])([2H])[C@@H]1/C=C(\C)[C@@H](O)[C@@H](OC)C(=C)[C@H](C)C[C@H](C)/C=C/C=C/C=C(\C)[C@@H](OC)C[C@@H]2CC[C@@H](C)[C@@](O)(O2)C(=O)C(=O)N2CCCC[C@H]2C(=O)O[C@H]([C@H](C)C[C@@H]2CC[C@@H](OC([2H])([2H])C([2H])([2H])O)[C@H](OC)C2)CC1=O. The van der Waals surface area contributed by atoms with E-state index in [1.807, 2.05) is 51.2 Å². The van der Waals surface area contributed by atoms with Gasteiger partial charge in [-0.1, -0.05) is 77.6 Å². The second-order valence-electron chi connectivity index (χ2n) is 19.8. The molecule has 384 valence electrons. The van der Waals surface area contributed by atoms with Gasteiger partial charge in [0.2, 0.25) is 5.79 Å². The molecular formula is C54H85NO13. The van der Waals surface area contributed by atoms with Crippen molar-refractivity contribution < 1.29 is 72.5 Å². The molecule has 0 spiro atoms. The Bertz CT molecular complexity index is 2090. The minimum atomic E-state index is -3.31. The third-order valence-electron chi connectivity index (χ3n) is 14.7. The summed E-state index contributed by atoms with van der Waals surface area (Å²) in [6, 6.07) is -1.32. The van der Waals surface area contributed by atoms with Gasteiger partial charge in [0, 0.05) is 56.7 Å². The fourth-order valence-electron chi connectivity index (χ4n) is 10.3. The van der Waals surface area contributed by atoms with Gasteiger partial charge in [-0.3, -0.25) is 14.4 Å². The monoisotopic (exact) mass is 963 g/mol. The maximum absolute atomic E-state index is 14.6. The van der Waals surface area contributed by atoms with Crippen LogP contribution >= 0.6 is 0 Å². The van der Waals surface area contributed by atoms with E-state index in [1.165, 1.54) is 27.2 Å². The van der Waals surface area contributed by atoms with Crippen LogP contribution in [-0.2, 0) is 47.6 Å². The highest BCUT2D eigenvalue weighted by Crippen LogP contribution is 2.38. The third kappa shape index (κ3) is 15.3. The normalized spacial score (nSPS) is 41.3. The van der Waals surface area contributed by atoms with E-state index in [2.05, 4.69) is 6.58 Å². The summed E-state index contributed by atoms with van der Waals surface area (Å²) in [5.74, 6) is -10.2. The molecule has 3 heterocycles. The second-order valence-corrected chi connectivity index (χ2v) is 19.8. The van der Waals surface area contributed by atoms with Crippen molar-refractivity contribution in [2.24, 2.45) is 35.5 Å². The third-order valence-corrected chi connectivity index (χ3v) is 14.7. The van der Waals surface area contributed by atoms with E-state index >= 15 is 0 Å². The molecule has 4 rings (SSSR count). The Morgan fingerprint density at radius 3 is 2.37 bits per heavy atom. The number of Topliss-reactive ketones (excluding diaryl/α,β-unsaturated/α-hetero) is 2. The van der Waals surface area contributed by atoms with Gasteiger partial charge >= 0.3 is 5.97 Å². The van der Waals surface area contributed by atoms with Crippen LogP contribution < -0.4 is 0 Å². The van der Waals surface area contributed by atoms with E-state index in [4.69, 9.17) is 38.0 Å². The number of hydrogen-bond acceptors (Lipinski definition) is 13. The summed E-state index contributed by atoms with van der Waals surface area (Å²) < 4.78 is 91.7. The van der Waals surface area contributed by atoms with Crippen molar-refractivity contribution in [3.63, 3.8) is 0 Å². The van der Waals surface area contributed by atoms with Gasteiger partial charge in [0.25, 0.3) is 11.7 Å². The summed E-state index contributed by atoms with van der Waals surface area (Å²) >= 11 is 0. The van der Waals surface area contributed by atoms with Crippen LogP contribution in [0.25, 0.3) is 0 Å². The molecule has 1 saturated carbocycles. The molecule has 14 heteroatoms. The second kappa shape index (κ2) is 27.3. The van der Waals surface area contributed by atoms with Crippen LogP contribution in [-0.4, -0.2) is 139 Å². The molecule has 2 saturated heterocycles. The standard InChI is InChI=1S/C54H85NO13/c1-33-17-13-12-14-18-34(2)46(63-9)31-42-22-20-39(7)54(62,68-42)51(59)52(60)55-24-16-15-19-43(55)53(61)67-47(37(5)29-41-21-23-45(66-26-25-56)48(30-41)64-10)32-44(57)36(4)28-38(6)49(58)50(65-11)40(8)35(3)27-33/h12-14,17-18,28,33,35-37,39,41-43,45-50,56,58,62H,8,15-16,19-27,29-32H2,1-7,9-11H3/b14-12+,17-13+,34-18+,38-28+/t33-,35-,36-,37-,39-,41+,42+,43+,45-,46+,47+,48-,49-,50+,54-/m1/s1/i4D3,25D2,26D2. The van der Waals surface area contributed by atoms with E-state index in [0.717, 1.165) is 10.5 Å². The number of aliphatic hydroxyl groups excluding tert-OH is 1. The number of allylic oxidation sites excluding steroid dienone is 6. The van der Waals surface area contributed by atoms with Crippen LogP contribution in [0, 0.1) is 35.5 Å². The number of rotatable bonds is 9. The predicted octanol–water partition coefficient (Wildman–Crippen LogP) is 7.18. The van der Waals surface area contributed by atoms with Crippen LogP contribution in [0.5, 0.6) is 0 Å². The molecule has 1 aliphatic carbocycles. The number of ether oxygens (including phenoxy) is 6. The Morgan fingerprint density at radius 1 is 0.941 bits per heavy atom. The van der Waals surface area contributed by atoms with Crippen LogP contribution in [0.2, 0.25) is 0 Å². The molecule has 0 aromatic heterocycles. The fourth-order valence-corrected chi connectivity index (χ4v) is 10.3. The van der Waals surface area contributed by atoms with Crippen molar-refractivity contribution in [1.29, 1.82) is 0 Å². The molecule has 0 radical (unpaired) electrons. The first-order chi connectivity index (χ1) is 34.9. The number of esters is 1. The van der Waals surface area contributed by atoms with Gasteiger partial charge in [-0.25, -0.2) is 4.79 Å². The number of piperidine rings is 1. The van der Waals surface area contributed by atoms with E-state index in [-0.39, 0.29) is 62.0 Å². The largest absolute Gasteiger partial charge is 0.460 e. The summed E-state index contributed by atoms with van der Waals surface area (Å²) in [4.78, 5) is 59.0. The first kappa shape index (κ1) is 47.0. The Labute approximate surface area is 416 Å². The summed E-state index contributed by atoms with van der Waals surface area (Å²) in [6.45, 7) is 5.68. The van der Waals surface area contributed by atoms with Crippen LogP contribution in [0.4, 0.5) is 0 Å². The highest BCUT2D eigenvalue weighted by molar-refractivity contribution is 6.39. The molecule has 1 amide bonds. The first-order valence-corrected chi connectivity index (χ1v) is 24.4. The Balaban J connectivity index is 1.77. The molecule has 3 fully saturated rings. The van der Waals surface area contributed by atoms with Gasteiger partial charge in [-0.05, 0) is 118 Å². The van der Waals surface area contributed by atoms with Crippen molar-refractivity contribution in [2.75, 3.05) is 41.0 Å². The molecule has 68 heavy (non-hydrogen) atoms. The Morgan fingerprint density at radius 2 is 1.69 bits per heavy atom. The van der Waals surface area contributed by atoms with E-state index in [0.29, 0.717) is 44.1 Å². The van der Waals surface area contributed by atoms with Crippen molar-refractivity contribution >= 4 is 23.4 Å². The van der Waals surface area contributed by atoms with Crippen molar-refractivity contribution in [2.45, 2.75) is 180 Å². The van der Waals surface area contributed by atoms with E-state index in [1.54, 1.807) is 21.0 Å². The van der Waals surface area contributed by atoms with Gasteiger partial charge in [-0.15, -0.1) is 0 Å². The minimum Gasteiger partial charge on any atom is -0.460 e. The zero-order chi connectivity index (χ0) is 56.4. The summed E-state index contributed by atoms with van der Waals surface area (Å²) in [5.41, 5.74) is 1.56. The average Bonchev–Trinajstić information content (AvgIpc) is 3.34. The number of hydrogen-bond donors (Lipinski definition) is 3. The number of fused-ring (bicyclic) bond motifs is 3. The number of nitrogens with zero attached hydrogens (tertiary/aromatic N) is 1. The molecule has 15 atom stereocenters. The number of amides is 1. The van der Waals surface area contributed by atoms with E-state index < -0.39 is 122 Å². The molecule has 14 nitrogen and oxygen atoms in total. The van der Waals surface area contributed by atoms with Crippen molar-refractivity contribution in [1.82, 2.24) is 4.90 Å². The number of methoxy groups -OCH3 is 3. The molecule has 0 unspecified atom stereocenters. The summed E-state index contributed by atoms with van der Waals surface area (Å²) in [7, 11) is 4.35. The number of aliphatic hydroxyl groups is 3. The van der Waals surface area contributed by atoms with Crippen LogP contribution in [0.3, 0.4) is 0 Å². The maximum atomic E-state index is 14.6. The summed E-state index contributed by atoms with van der Waals surface area (Å²) in [6.07, 6.45) is 7.52. The Hall–Kier alpha value is -3.34. The van der Waals surface area contributed by atoms with Crippen molar-refractivity contribution in [3.05, 3.63) is 59.8 Å². The molecule has 3 aliphatic heterocycles. The lowest BCUT2D eigenvalue weighted by atomic mass is 9.78. The van der Waals surface area contributed by atoms with E-state index in [9.17, 15) is 34.5 Å². The molecular weight excluding hydrogens is 871 g/mol. The number of carbonyl (C=O) groups excluding carboxylic acids is 4. The smallest absolute Gasteiger partial charge is 0.329 e. The van der Waals surface area contributed by atoms with Gasteiger partial charge in [0.1, 0.15) is 30.1 Å². The lowest BCUT2D eigenvalue weighted by molar-refractivity contribution is -0.265. The van der Waals surface area contributed by atoms with Gasteiger partial charge in [0.05, 0.1) is 43.0 Å². The quantitative estimate of drug-likeness (QED) is 0.120.